The average molecular weight is 340 g/mol. The zero-order chi connectivity index (χ0) is 18.4. The van der Waals surface area contributed by atoms with E-state index >= 15 is 0 Å². The van der Waals surface area contributed by atoms with E-state index in [0.717, 1.165) is 42.0 Å². The van der Waals surface area contributed by atoms with Gasteiger partial charge in [-0.25, -0.2) is 9.97 Å². The van der Waals surface area contributed by atoms with Gasteiger partial charge in [-0.05, 0) is 30.4 Å². The highest BCUT2D eigenvalue weighted by Crippen LogP contribution is 2.27. The molecule has 1 aromatic heterocycles. The summed E-state index contributed by atoms with van der Waals surface area (Å²) >= 11 is 0. The van der Waals surface area contributed by atoms with Crippen LogP contribution < -0.4 is 10.2 Å². The molecule has 5 nitrogen and oxygen atoms in total. The molecule has 0 radical (unpaired) electrons. The van der Waals surface area contributed by atoms with Crippen molar-refractivity contribution in [1.29, 1.82) is 0 Å². The number of para-hydroxylation sites is 1. The largest absolute Gasteiger partial charge is 0.360 e. The highest BCUT2D eigenvalue weighted by Gasteiger charge is 2.15. The first-order valence-corrected chi connectivity index (χ1v) is 8.88. The number of carbonyl (C=O) groups excluding carboxylic acids is 1. The van der Waals surface area contributed by atoms with Crippen molar-refractivity contribution in [3.8, 4) is 0 Å². The Morgan fingerprint density at radius 2 is 2.04 bits per heavy atom. The summed E-state index contributed by atoms with van der Waals surface area (Å²) in [5.41, 5.74) is 3.44. The van der Waals surface area contributed by atoms with Crippen LogP contribution in [0.15, 0.2) is 30.6 Å². The van der Waals surface area contributed by atoms with Crippen molar-refractivity contribution < 1.29 is 4.79 Å². The van der Waals surface area contributed by atoms with Crippen molar-refractivity contribution in [2.45, 2.75) is 46.5 Å². The summed E-state index contributed by atoms with van der Waals surface area (Å²) in [6.45, 7) is 9.31. The summed E-state index contributed by atoms with van der Waals surface area (Å²) in [5.74, 6) is 0.891. The van der Waals surface area contributed by atoms with Crippen LogP contribution in [0.5, 0.6) is 0 Å². The number of aromatic nitrogens is 2. The van der Waals surface area contributed by atoms with Crippen molar-refractivity contribution >= 4 is 17.4 Å². The number of benzene rings is 1. The number of anilines is 2. The van der Waals surface area contributed by atoms with Crippen LogP contribution in [0.3, 0.4) is 0 Å². The fourth-order valence-corrected chi connectivity index (χ4v) is 2.71. The molecule has 0 aliphatic rings. The van der Waals surface area contributed by atoms with Gasteiger partial charge in [0.05, 0.1) is 0 Å². The van der Waals surface area contributed by atoms with E-state index in [1.807, 2.05) is 26.1 Å². The third kappa shape index (κ3) is 4.78. The summed E-state index contributed by atoms with van der Waals surface area (Å²) in [5, 5.41) is 3.04. The molecule has 0 saturated heterocycles. The molecule has 0 bridgehead atoms. The van der Waals surface area contributed by atoms with Gasteiger partial charge in [-0.3, -0.25) is 4.79 Å². The summed E-state index contributed by atoms with van der Waals surface area (Å²) in [6, 6.07) is 7.83. The first-order valence-electron chi connectivity index (χ1n) is 8.88. The molecule has 0 unspecified atom stereocenters. The lowest BCUT2D eigenvalue weighted by Gasteiger charge is -2.18. The summed E-state index contributed by atoms with van der Waals surface area (Å²) < 4.78 is 0. The molecule has 1 heterocycles. The smallest absolute Gasteiger partial charge is 0.274 e. The maximum atomic E-state index is 12.7. The summed E-state index contributed by atoms with van der Waals surface area (Å²) in [7, 11) is 1.98. The van der Waals surface area contributed by atoms with E-state index in [0.29, 0.717) is 11.6 Å². The first-order chi connectivity index (χ1) is 11.9. The molecular formula is C20H28N4O. The molecule has 0 spiro atoms. The minimum Gasteiger partial charge on any atom is -0.360 e. The van der Waals surface area contributed by atoms with Crippen molar-refractivity contribution in [2.24, 2.45) is 0 Å². The van der Waals surface area contributed by atoms with Crippen LogP contribution in [0.1, 0.15) is 61.1 Å². The standard InChI is InChI=1S/C20H28N4O/c1-6-7-11-24(5)18-12-17(21-13-22-18)20(25)23-19-15(4)9-8-10-16(19)14(2)3/h8-10,12-14H,6-7,11H2,1-5H3,(H,23,25). The van der Waals surface area contributed by atoms with Crippen LogP contribution in [0.4, 0.5) is 11.5 Å². The van der Waals surface area contributed by atoms with E-state index in [4.69, 9.17) is 0 Å². The Labute approximate surface area is 150 Å². The molecule has 0 saturated carbocycles. The number of rotatable bonds is 7. The molecule has 2 rings (SSSR count). The van der Waals surface area contributed by atoms with Gasteiger partial charge in [0, 0.05) is 25.3 Å². The predicted octanol–water partition coefficient (Wildman–Crippen LogP) is 4.40. The molecule has 25 heavy (non-hydrogen) atoms. The molecule has 0 aliphatic heterocycles. The number of nitrogens with one attached hydrogen (secondary N) is 1. The Morgan fingerprint density at radius 3 is 2.72 bits per heavy atom. The Morgan fingerprint density at radius 1 is 1.28 bits per heavy atom. The van der Waals surface area contributed by atoms with Gasteiger partial charge in [-0.15, -0.1) is 0 Å². The first kappa shape index (κ1) is 18.9. The third-order valence-corrected chi connectivity index (χ3v) is 4.29. The van der Waals surface area contributed by atoms with Crippen LogP contribution in [0.25, 0.3) is 0 Å². The quantitative estimate of drug-likeness (QED) is 0.812. The number of unbranched alkanes of at least 4 members (excludes halogenated alkanes) is 1. The average Bonchev–Trinajstić information content (AvgIpc) is 2.61. The lowest BCUT2D eigenvalue weighted by atomic mass is 9.98. The van der Waals surface area contributed by atoms with E-state index in [1.165, 1.54) is 6.33 Å². The Bertz CT molecular complexity index is 727. The highest BCUT2D eigenvalue weighted by molar-refractivity contribution is 6.04. The molecule has 134 valence electrons. The SMILES string of the molecule is CCCCN(C)c1cc(C(=O)Nc2c(C)cccc2C(C)C)ncn1. The number of aryl methyl sites for hydroxylation is 1. The van der Waals surface area contributed by atoms with Gasteiger partial charge in [0.2, 0.25) is 0 Å². The van der Waals surface area contributed by atoms with E-state index in [9.17, 15) is 4.79 Å². The molecular weight excluding hydrogens is 312 g/mol. The fourth-order valence-electron chi connectivity index (χ4n) is 2.71. The second kappa shape index (κ2) is 8.60. The predicted molar refractivity (Wildman–Crippen MR) is 103 cm³/mol. The van der Waals surface area contributed by atoms with Crippen LogP contribution in [0.2, 0.25) is 0 Å². The van der Waals surface area contributed by atoms with Gasteiger partial charge >= 0.3 is 0 Å². The highest BCUT2D eigenvalue weighted by atomic mass is 16.1. The van der Waals surface area contributed by atoms with Crippen LogP contribution in [0, 0.1) is 6.92 Å². The summed E-state index contributed by atoms with van der Waals surface area (Å²) in [6.07, 6.45) is 3.66. The maximum absolute atomic E-state index is 12.7. The van der Waals surface area contributed by atoms with Crippen molar-refractivity contribution in [1.82, 2.24) is 9.97 Å². The van der Waals surface area contributed by atoms with Crippen molar-refractivity contribution in [3.63, 3.8) is 0 Å². The lowest BCUT2D eigenvalue weighted by Crippen LogP contribution is -2.21. The summed E-state index contributed by atoms with van der Waals surface area (Å²) in [4.78, 5) is 23.2. The van der Waals surface area contributed by atoms with Crippen LogP contribution in [-0.2, 0) is 0 Å². The van der Waals surface area contributed by atoms with Crippen molar-refractivity contribution in [3.05, 3.63) is 47.4 Å². The van der Waals surface area contributed by atoms with Crippen molar-refractivity contribution in [2.75, 3.05) is 23.8 Å². The van der Waals surface area contributed by atoms with E-state index in [1.54, 1.807) is 6.07 Å². The van der Waals surface area contributed by atoms with Gasteiger partial charge in [0.1, 0.15) is 17.8 Å². The third-order valence-electron chi connectivity index (χ3n) is 4.29. The molecule has 0 aliphatic carbocycles. The van der Waals surface area contributed by atoms with Gasteiger partial charge in [0.25, 0.3) is 5.91 Å². The Hall–Kier alpha value is -2.43. The number of hydrogen-bond donors (Lipinski definition) is 1. The maximum Gasteiger partial charge on any atom is 0.274 e. The fraction of sp³-hybridized carbons (Fsp3) is 0.450. The second-order valence-electron chi connectivity index (χ2n) is 6.68. The monoisotopic (exact) mass is 340 g/mol. The molecule has 1 aromatic carbocycles. The number of nitrogens with zero attached hydrogens (tertiary/aromatic N) is 3. The minimum atomic E-state index is -0.205. The molecule has 1 N–H and O–H groups in total. The van der Waals surface area contributed by atoms with E-state index in [2.05, 4.69) is 47.0 Å². The zero-order valence-electron chi connectivity index (χ0n) is 15.8. The Balaban J connectivity index is 2.22. The minimum absolute atomic E-state index is 0.205. The molecule has 1 amide bonds. The molecule has 5 heteroatoms. The second-order valence-corrected chi connectivity index (χ2v) is 6.68. The van der Waals surface area contributed by atoms with Crippen LogP contribution in [-0.4, -0.2) is 29.5 Å². The van der Waals surface area contributed by atoms with E-state index in [-0.39, 0.29) is 5.91 Å². The number of carbonyl (C=O) groups is 1. The van der Waals surface area contributed by atoms with E-state index < -0.39 is 0 Å². The topological polar surface area (TPSA) is 58.1 Å². The molecule has 0 fully saturated rings. The lowest BCUT2D eigenvalue weighted by molar-refractivity contribution is 0.102. The van der Waals surface area contributed by atoms with Gasteiger partial charge in [-0.1, -0.05) is 45.4 Å². The zero-order valence-corrected chi connectivity index (χ0v) is 15.8. The number of amides is 1. The molecule has 2 aromatic rings. The normalized spacial score (nSPS) is 10.8. The molecule has 0 atom stereocenters. The Kier molecular flexibility index (Phi) is 6.51. The van der Waals surface area contributed by atoms with Crippen LogP contribution >= 0.6 is 0 Å². The van der Waals surface area contributed by atoms with Gasteiger partial charge in [0.15, 0.2) is 0 Å². The van der Waals surface area contributed by atoms with Gasteiger partial charge < -0.3 is 10.2 Å². The number of hydrogen-bond acceptors (Lipinski definition) is 4. The van der Waals surface area contributed by atoms with Gasteiger partial charge in [-0.2, -0.15) is 0 Å².